The van der Waals surface area contributed by atoms with Crippen molar-refractivity contribution in [3.05, 3.63) is 76.3 Å². The highest BCUT2D eigenvalue weighted by Crippen LogP contribution is 2.28. The number of aromatic hydroxyl groups is 1. The maximum Gasteiger partial charge on any atom is 0.227 e. The second-order valence-electron chi connectivity index (χ2n) is 6.46. The highest BCUT2D eigenvalue weighted by molar-refractivity contribution is 6.30. The molecule has 0 amide bonds. The van der Waals surface area contributed by atoms with Gasteiger partial charge in [0.15, 0.2) is 5.58 Å². The first-order valence-corrected chi connectivity index (χ1v) is 8.88. The summed E-state index contributed by atoms with van der Waals surface area (Å²) < 4.78 is 5.94. The number of aliphatic imine (C=N–C) groups is 1. The molecular weight excluding hydrogens is 360 g/mol. The zero-order chi connectivity index (χ0) is 19.0. The molecule has 3 aromatic carbocycles. The average Bonchev–Trinajstić information content (AvgIpc) is 3.07. The molecule has 0 atom stereocenters. The number of halogens is 1. The zero-order valence-electron chi connectivity index (χ0n) is 14.9. The van der Waals surface area contributed by atoms with Crippen molar-refractivity contribution in [3.8, 4) is 17.2 Å². The topological polar surface area (TPSA) is 58.6 Å². The van der Waals surface area contributed by atoms with E-state index in [1.807, 2.05) is 44.2 Å². The Morgan fingerprint density at radius 1 is 1.04 bits per heavy atom. The quantitative estimate of drug-likeness (QED) is 0.432. The first-order chi connectivity index (χ1) is 13.0. The molecule has 0 radical (unpaired) electrons. The van der Waals surface area contributed by atoms with Crippen molar-refractivity contribution in [2.24, 2.45) is 4.99 Å². The van der Waals surface area contributed by atoms with Crippen LogP contribution in [0, 0.1) is 13.8 Å². The number of nitrogens with zero attached hydrogens (tertiary/aromatic N) is 2. The first-order valence-electron chi connectivity index (χ1n) is 8.50. The molecule has 0 aliphatic heterocycles. The van der Waals surface area contributed by atoms with Crippen LogP contribution < -0.4 is 0 Å². The van der Waals surface area contributed by atoms with Gasteiger partial charge in [0, 0.05) is 22.4 Å². The second kappa shape index (κ2) is 6.89. The molecule has 1 N–H and O–H groups in total. The summed E-state index contributed by atoms with van der Waals surface area (Å²) in [6.45, 7) is 4.07. The number of hydrogen-bond acceptors (Lipinski definition) is 4. The SMILES string of the molecule is Cc1cc(C)c2oc(-c3ccc(N=Cc4cc(Cl)ccc4O)cc3)nc2c1. The molecule has 0 spiro atoms. The van der Waals surface area contributed by atoms with E-state index in [2.05, 4.69) is 16.0 Å². The summed E-state index contributed by atoms with van der Waals surface area (Å²) in [5.41, 5.74) is 6.11. The molecule has 0 aliphatic carbocycles. The van der Waals surface area contributed by atoms with Gasteiger partial charge in [-0.3, -0.25) is 4.99 Å². The van der Waals surface area contributed by atoms with Crippen LogP contribution in [-0.2, 0) is 0 Å². The molecule has 0 saturated carbocycles. The number of aromatic nitrogens is 1. The number of phenolic OH excluding ortho intramolecular Hbond substituents is 1. The fourth-order valence-corrected chi connectivity index (χ4v) is 3.14. The Kier molecular flexibility index (Phi) is 4.42. The number of phenols is 1. The van der Waals surface area contributed by atoms with Crippen molar-refractivity contribution in [1.82, 2.24) is 4.98 Å². The smallest absolute Gasteiger partial charge is 0.227 e. The van der Waals surface area contributed by atoms with E-state index in [1.165, 1.54) is 0 Å². The minimum atomic E-state index is 0.136. The van der Waals surface area contributed by atoms with Crippen LogP contribution in [-0.4, -0.2) is 16.3 Å². The number of aryl methyl sites for hydroxylation is 2. The molecule has 0 fully saturated rings. The Hall–Kier alpha value is -3.11. The van der Waals surface area contributed by atoms with Gasteiger partial charge in [-0.2, -0.15) is 0 Å². The second-order valence-corrected chi connectivity index (χ2v) is 6.89. The standard InChI is InChI=1S/C22H17ClN2O2/c1-13-9-14(2)21-19(10-13)25-22(27-21)15-3-6-18(7-4-15)24-12-16-11-17(23)5-8-20(16)26/h3-12,26H,1-2H3. The summed E-state index contributed by atoms with van der Waals surface area (Å²) in [6, 6.07) is 16.5. The van der Waals surface area contributed by atoms with Crippen LogP contribution in [0.3, 0.4) is 0 Å². The monoisotopic (exact) mass is 376 g/mol. The maximum atomic E-state index is 9.85. The van der Waals surface area contributed by atoms with E-state index in [1.54, 1.807) is 24.4 Å². The summed E-state index contributed by atoms with van der Waals surface area (Å²) >= 11 is 5.95. The van der Waals surface area contributed by atoms with Crippen molar-refractivity contribution in [1.29, 1.82) is 0 Å². The number of benzene rings is 3. The Morgan fingerprint density at radius 2 is 1.81 bits per heavy atom. The number of fused-ring (bicyclic) bond motifs is 1. The minimum absolute atomic E-state index is 0.136. The summed E-state index contributed by atoms with van der Waals surface area (Å²) in [7, 11) is 0. The molecule has 4 nitrogen and oxygen atoms in total. The van der Waals surface area contributed by atoms with Crippen LogP contribution in [0.5, 0.6) is 5.75 Å². The molecule has 0 saturated heterocycles. The van der Waals surface area contributed by atoms with Gasteiger partial charge in [0.2, 0.25) is 5.89 Å². The minimum Gasteiger partial charge on any atom is -0.507 e. The lowest BCUT2D eigenvalue weighted by atomic mass is 10.1. The van der Waals surface area contributed by atoms with Gasteiger partial charge in [0.05, 0.1) is 5.69 Å². The van der Waals surface area contributed by atoms with Gasteiger partial charge >= 0.3 is 0 Å². The number of hydrogen-bond donors (Lipinski definition) is 1. The van der Waals surface area contributed by atoms with Gasteiger partial charge in [-0.25, -0.2) is 4.98 Å². The van der Waals surface area contributed by atoms with Gasteiger partial charge in [-0.15, -0.1) is 0 Å². The zero-order valence-corrected chi connectivity index (χ0v) is 15.7. The van der Waals surface area contributed by atoms with E-state index in [-0.39, 0.29) is 5.75 Å². The Labute approximate surface area is 161 Å². The average molecular weight is 377 g/mol. The van der Waals surface area contributed by atoms with Crippen molar-refractivity contribution in [2.45, 2.75) is 13.8 Å². The Morgan fingerprint density at radius 3 is 2.59 bits per heavy atom. The summed E-state index contributed by atoms with van der Waals surface area (Å²) in [5, 5.41) is 10.4. The van der Waals surface area contributed by atoms with Gasteiger partial charge < -0.3 is 9.52 Å². The molecule has 4 rings (SSSR count). The van der Waals surface area contributed by atoms with Crippen molar-refractivity contribution in [3.63, 3.8) is 0 Å². The number of rotatable bonds is 3. The van der Waals surface area contributed by atoms with Crippen molar-refractivity contribution < 1.29 is 9.52 Å². The fraction of sp³-hybridized carbons (Fsp3) is 0.0909. The fourth-order valence-electron chi connectivity index (χ4n) is 2.96. The summed E-state index contributed by atoms with van der Waals surface area (Å²) in [4.78, 5) is 8.98. The maximum absolute atomic E-state index is 9.85. The van der Waals surface area contributed by atoms with E-state index in [0.717, 1.165) is 33.5 Å². The summed E-state index contributed by atoms with van der Waals surface area (Å²) in [5.74, 6) is 0.721. The van der Waals surface area contributed by atoms with Crippen molar-refractivity contribution in [2.75, 3.05) is 0 Å². The highest BCUT2D eigenvalue weighted by Gasteiger charge is 2.10. The van der Waals surface area contributed by atoms with Crippen LogP contribution in [0.25, 0.3) is 22.6 Å². The molecule has 27 heavy (non-hydrogen) atoms. The molecule has 4 aromatic rings. The molecule has 1 aromatic heterocycles. The first kappa shape index (κ1) is 17.3. The lowest BCUT2D eigenvalue weighted by molar-refractivity contribution is 0.474. The Bertz CT molecular complexity index is 1160. The van der Waals surface area contributed by atoms with Crippen LogP contribution >= 0.6 is 11.6 Å². The third kappa shape index (κ3) is 3.57. The van der Waals surface area contributed by atoms with Gasteiger partial charge in [0.1, 0.15) is 11.3 Å². The van der Waals surface area contributed by atoms with Crippen LogP contribution in [0.1, 0.15) is 16.7 Å². The van der Waals surface area contributed by atoms with Crippen molar-refractivity contribution >= 4 is 34.6 Å². The lowest BCUT2D eigenvalue weighted by Crippen LogP contribution is -1.82. The lowest BCUT2D eigenvalue weighted by Gasteiger charge is -2.00. The molecule has 0 unspecified atom stereocenters. The van der Waals surface area contributed by atoms with E-state index in [9.17, 15) is 5.11 Å². The van der Waals surface area contributed by atoms with Gasteiger partial charge in [-0.1, -0.05) is 17.7 Å². The van der Waals surface area contributed by atoms with Gasteiger partial charge in [-0.05, 0) is 73.5 Å². The third-order valence-electron chi connectivity index (χ3n) is 4.28. The third-order valence-corrected chi connectivity index (χ3v) is 4.51. The van der Waals surface area contributed by atoms with Crippen LogP contribution in [0.4, 0.5) is 5.69 Å². The predicted octanol–water partition coefficient (Wildman–Crippen LogP) is 6.22. The molecule has 1 heterocycles. The molecule has 0 aliphatic rings. The highest BCUT2D eigenvalue weighted by atomic mass is 35.5. The van der Waals surface area contributed by atoms with Crippen LogP contribution in [0.2, 0.25) is 5.02 Å². The molecule has 5 heteroatoms. The normalized spacial score (nSPS) is 11.5. The van der Waals surface area contributed by atoms with E-state index < -0.39 is 0 Å². The Balaban J connectivity index is 1.61. The van der Waals surface area contributed by atoms with Crippen LogP contribution in [0.15, 0.2) is 64.0 Å². The summed E-state index contributed by atoms with van der Waals surface area (Å²) in [6.07, 6.45) is 1.59. The van der Waals surface area contributed by atoms with E-state index in [4.69, 9.17) is 16.0 Å². The molecule has 134 valence electrons. The van der Waals surface area contributed by atoms with E-state index in [0.29, 0.717) is 16.5 Å². The molecule has 0 bridgehead atoms. The number of oxazole rings is 1. The van der Waals surface area contributed by atoms with Gasteiger partial charge in [0.25, 0.3) is 0 Å². The largest absolute Gasteiger partial charge is 0.507 e. The molecular formula is C22H17ClN2O2. The van der Waals surface area contributed by atoms with E-state index >= 15 is 0 Å². The predicted molar refractivity (Wildman–Crippen MR) is 109 cm³/mol.